The van der Waals surface area contributed by atoms with Crippen LogP contribution >= 0.6 is 11.3 Å². The standard InChI is InChI=1S/C24H27N3O4S/c1-17-7-8-18-22(15-17)32-24(25-18)27(10-4-9-26-11-13-29-14-12-26)23(28)21-16-30-19-5-2-3-6-20(19)31-21/h2-3,5-8,15,21H,4,9-14,16H2,1H3/t21-/m1/s1. The van der Waals surface area contributed by atoms with Crippen LogP contribution in [0.5, 0.6) is 11.5 Å². The minimum absolute atomic E-state index is 0.114. The number of rotatable bonds is 6. The fourth-order valence-electron chi connectivity index (χ4n) is 4.03. The van der Waals surface area contributed by atoms with Gasteiger partial charge in [-0.3, -0.25) is 14.6 Å². The average Bonchev–Trinajstić information content (AvgIpc) is 3.24. The van der Waals surface area contributed by atoms with E-state index < -0.39 is 6.10 Å². The minimum Gasteiger partial charge on any atom is -0.485 e. The van der Waals surface area contributed by atoms with Crippen molar-refractivity contribution in [2.24, 2.45) is 0 Å². The van der Waals surface area contributed by atoms with Gasteiger partial charge in [0.15, 0.2) is 16.6 Å². The van der Waals surface area contributed by atoms with Gasteiger partial charge < -0.3 is 14.2 Å². The lowest BCUT2D eigenvalue weighted by atomic mass is 10.2. The Kier molecular flexibility index (Phi) is 6.25. The summed E-state index contributed by atoms with van der Waals surface area (Å²) in [4.78, 5) is 22.5. The molecule has 1 amide bonds. The number of benzene rings is 2. The van der Waals surface area contributed by atoms with E-state index in [1.165, 1.54) is 5.56 Å². The van der Waals surface area contributed by atoms with E-state index >= 15 is 0 Å². The van der Waals surface area contributed by atoms with Crippen molar-refractivity contribution in [2.45, 2.75) is 19.4 Å². The molecule has 0 radical (unpaired) electrons. The van der Waals surface area contributed by atoms with Gasteiger partial charge in [0.2, 0.25) is 6.10 Å². The number of ether oxygens (including phenoxy) is 3. The molecule has 32 heavy (non-hydrogen) atoms. The molecular formula is C24H27N3O4S. The molecule has 2 aliphatic rings. The number of morpholine rings is 1. The van der Waals surface area contributed by atoms with Crippen molar-refractivity contribution >= 4 is 32.6 Å². The smallest absolute Gasteiger partial charge is 0.273 e. The topological polar surface area (TPSA) is 64.1 Å². The molecule has 7 nitrogen and oxygen atoms in total. The van der Waals surface area contributed by atoms with Crippen LogP contribution in [0.25, 0.3) is 10.2 Å². The van der Waals surface area contributed by atoms with Gasteiger partial charge in [-0.05, 0) is 43.2 Å². The second kappa shape index (κ2) is 9.44. The Hall–Kier alpha value is -2.68. The summed E-state index contributed by atoms with van der Waals surface area (Å²) in [5.41, 5.74) is 2.09. The van der Waals surface area contributed by atoms with Crippen molar-refractivity contribution in [2.75, 3.05) is 50.9 Å². The Morgan fingerprint density at radius 1 is 1.19 bits per heavy atom. The van der Waals surface area contributed by atoms with E-state index in [1.807, 2.05) is 36.4 Å². The molecule has 1 fully saturated rings. The number of thiazole rings is 1. The van der Waals surface area contributed by atoms with Crippen molar-refractivity contribution in [3.8, 4) is 11.5 Å². The van der Waals surface area contributed by atoms with Crippen LogP contribution in [0.15, 0.2) is 42.5 Å². The predicted molar refractivity (Wildman–Crippen MR) is 125 cm³/mol. The second-order valence-electron chi connectivity index (χ2n) is 8.13. The maximum absolute atomic E-state index is 13.6. The van der Waals surface area contributed by atoms with Gasteiger partial charge in [-0.15, -0.1) is 0 Å². The Morgan fingerprint density at radius 3 is 2.84 bits per heavy atom. The van der Waals surface area contributed by atoms with Gasteiger partial charge in [0.05, 0.1) is 23.4 Å². The zero-order valence-electron chi connectivity index (χ0n) is 18.2. The molecule has 2 aliphatic heterocycles. The zero-order valence-corrected chi connectivity index (χ0v) is 19.0. The highest BCUT2D eigenvalue weighted by Gasteiger charge is 2.33. The van der Waals surface area contributed by atoms with Gasteiger partial charge in [-0.2, -0.15) is 0 Å². The first-order valence-corrected chi connectivity index (χ1v) is 11.9. The van der Waals surface area contributed by atoms with Crippen molar-refractivity contribution in [1.29, 1.82) is 0 Å². The van der Waals surface area contributed by atoms with Crippen LogP contribution in [0.4, 0.5) is 5.13 Å². The number of fused-ring (bicyclic) bond motifs is 2. The van der Waals surface area contributed by atoms with Crippen molar-refractivity contribution < 1.29 is 19.0 Å². The number of anilines is 1. The number of nitrogens with zero attached hydrogens (tertiary/aromatic N) is 3. The monoisotopic (exact) mass is 453 g/mol. The Labute approximate surface area is 191 Å². The van der Waals surface area contributed by atoms with Crippen molar-refractivity contribution in [1.82, 2.24) is 9.88 Å². The van der Waals surface area contributed by atoms with Crippen LogP contribution in [0.1, 0.15) is 12.0 Å². The maximum Gasteiger partial charge on any atom is 0.273 e. The van der Waals surface area contributed by atoms with E-state index in [9.17, 15) is 4.79 Å². The number of carbonyl (C=O) groups excluding carboxylic acids is 1. The van der Waals surface area contributed by atoms with E-state index in [1.54, 1.807) is 16.2 Å². The minimum atomic E-state index is -0.693. The first-order valence-electron chi connectivity index (χ1n) is 11.0. The molecule has 0 bridgehead atoms. The summed E-state index contributed by atoms with van der Waals surface area (Å²) in [6.07, 6.45) is 0.159. The summed E-state index contributed by atoms with van der Waals surface area (Å²) < 4.78 is 18.3. The van der Waals surface area contributed by atoms with E-state index in [-0.39, 0.29) is 12.5 Å². The maximum atomic E-state index is 13.6. The van der Waals surface area contributed by atoms with Crippen LogP contribution < -0.4 is 14.4 Å². The lowest BCUT2D eigenvalue weighted by Gasteiger charge is -2.31. The molecule has 5 rings (SSSR count). The number of amides is 1. The normalized spacial score (nSPS) is 18.6. The lowest BCUT2D eigenvalue weighted by Crippen LogP contribution is -2.47. The number of hydrogen-bond donors (Lipinski definition) is 0. The van der Waals surface area contributed by atoms with Crippen LogP contribution in [-0.4, -0.2) is 67.9 Å². The third-order valence-electron chi connectivity index (χ3n) is 5.77. The molecule has 3 aromatic rings. The highest BCUT2D eigenvalue weighted by molar-refractivity contribution is 7.22. The molecule has 168 valence electrons. The Morgan fingerprint density at radius 2 is 2.00 bits per heavy atom. The zero-order chi connectivity index (χ0) is 21.9. The quantitative estimate of drug-likeness (QED) is 0.569. The number of carbonyl (C=O) groups is 1. The van der Waals surface area contributed by atoms with E-state index in [2.05, 4.69) is 17.9 Å². The summed E-state index contributed by atoms with van der Waals surface area (Å²) in [5.74, 6) is 1.16. The van der Waals surface area contributed by atoms with Crippen molar-refractivity contribution in [3.63, 3.8) is 0 Å². The van der Waals surface area contributed by atoms with Gasteiger partial charge in [0.25, 0.3) is 5.91 Å². The van der Waals surface area contributed by atoms with Gasteiger partial charge in [-0.1, -0.05) is 29.5 Å². The van der Waals surface area contributed by atoms with Crippen molar-refractivity contribution in [3.05, 3.63) is 48.0 Å². The molecule has 0 unspecified atom stereocenters. The summed E-state index contributed by atoms with van der Waals surface area (Å²) in [5, 5.41) is 0.708. The molecule has 3 heterocycles. The summed E-state index contributed by atoms with van der Waals surface area (Å²) >= 11 is 1.55. The molecule has 1 saturated heterocycles. The fraction of sp³-hybridized carbons (Fsp3) is 0.417. The third-order valence-corrected chi connectivity index (χ3v) is 6.81. The van der Waals surface area contributed by atoms with E-state index in [4.69, 9.17) is 19.2 Å². The Balaban J connectivity index is 1.36. The predicted octanol–water partition coefficient (Wildman–Crippen LogP) is 3.50. The fourth-order valence-corrected chi connectivity index (χ4v) is 5.12. The molecule has 0 aliphatic carbocycles. The Bertz CT molecular complexity index is 1100. The van der Waals surface area contributed by atoms with E-state index in [0.717, 1.165) is 49.5 Å². The highest BCUT2D eigenvalue weighted by Crippen LogP contribution is 2.34. The van der Waals surface area contributed by atoms with Crippen LogP contribution in [0, 0.1) is 6.92 Å². The molecule has 8 heteroatoms. The highest BCUT2D eigenvalue weighted by atomic mass is 32.1. The largest absolute Gasteiger partial charge is 0.485 e. The molecule has 1 aromatic heterocycles. The van der Waals surface area contributed by atoms with Gasteiger partial charge >= 0.3 is 0 Å². The number of aromatic nitrogens is 1. The summed E-state index contributed by atoms with van der Waals surface area (Å²) in [7, 11) is 0. The molecule has 0 N–H and O–H groups in total. The number of para-hydroxylation sites is 2. The van der Waals surface area contributed by atoms with Crippen LogP contribution in [0.3, 0.4) is 0 Å². The average molecular weight is 454 g/mol. The van der Waals surface area contributed by atoms with Gasteiger partial charge in [0, 0.05) is 26.2 Å². The second-order valence-corrected chi connectivity index (χ2v) is 9.14. The number of hydrogen-bond acceptors (Lipinski definition) is 7. The first kappa shape index (κ1) is 21.2. The molecular weight excluding hydrogens is 426 g/mol. The first-order chi connectivity index (χ1) is 15.7. The van der Waals surface area contributed by atoms with Gasteiger partial charge in [-0.25, -0.2) is 4.98 Å². The molecule has 0 saturated carbocycles. The van der Waals surface area contributed by atoms with Crippen LogP contribution in [-0.2, 0) is 9.53 Å². The van der Waals surface area contributed by atoms with Gasteiger partial charge in [0.1, 0.15) is 6.61 Å². The molecule has 0 spiro atoms. The third kappa shape index (κ3) is 4.57. The summed E-state index contributed by atoms with van der Waals surface area (Å²) in [6, 6.07) is 13.6. The molecule has 1 atom stereocenters. The lowest BCUT2D eigenvalue weighted by molar-refractivity contribution is -0.127. The molecule has 2 aromatic carbocycles. The summed E-state index contributed by atoms with van der Waals surface area (Å²) in [6.45, 7) is 7.17. The van der Waals surface area contributed by atoms with Crippen LogP contribution in [0.2, 0.25) is 0 Å². The van der Waals surface area contributed by atoms with E-state index in [0.29, 0.717) is 23.2 Å². The SMILES string of the molecule is Cc1ccc2nc(N(CCCN3CCOCC3)C(=O)[C@H]3COc4ccccc4O3)sc2c1. The number of aryl methyl sites for hydroxylation is 1.